The number of aliphatic hydroxyl groups is 2. The quantitative estimate of drug-likeness (QED) is 0.256. The van der Waals surface area contributed by atoms with Gasteiger partial charge in [0.05, 0.1) is 12.6 Å². The molecule has 0 radical (unpaired) electrons. The molecule has 0 aliphatic carbocycles. The maximum Gasteiger partial charge on any atom is 0.405 e. The Hall–Kier alpha value is -2.68. The topological polar surface area (TPSA) is 206 Å². The van der Waals surface area contributed by atoms with Crippen molar-refractivity contribution >= 4 is 39.9 Å². The minimum absolute atomic E-state index is 0.0956. The number of carbonyl (C=O) groups is 2. The van der Waals surface area contributed by atoms with Crippen LogP contribution in [0.3, 0.4) is 0 Å². The van der Waals surface area contributed by atoms with E-state index in [-0.39, 0.29) is 12.2 Å². The number of nitrogens with one attached hydrogen (secondary N) is 1. The fourth-order valence-corrected chi connectivity index (χ4v) is 4.88. The highest BCUT2D eigenvalue weighted by molar-refractivity contribution is 7.96. The average Bonchev–Trinajstić information content (AvgIpc) is 3.22. The van der Waals surface area contributed by atoms with Gasteiger partial charge in [-0.1, -0.05) is 0 Å². The van der Waals surface area contributed by atoms with Crippen molar-refractivity contribution in [1.29, 1.82) is 0 Å². The zero-order valence-electron chi connectivity index (χ0n) is 16.0. The summed E-state index contributed by atoms with van der Waals surface area (Å²) in [7, 11) is -0.403. The normalized spacial score (nSPS) is 25.8. The highest BCUT2D eigenvalue weighted by Gasteiger charge is 2.46. The summed E-state index contributed by atoms with van der Waals surface area (Å²) in [5, 5.41) is 40.7. The number of aromatic nitrogens is 4. The number of nitrogens with two attached hydrogens (primary N) is 1. The number of carboxylic acids is 1. The molecule has 0 bridgehead atoms. The van der Waals surface area contributed by atoms with Crippen molar-refractivity contribution in [1.82, 2.24) is 24.8 Å². The van der Waals surface area contributed by atoms with E-state index in [1.807, 2.05) is 11.6 Å². The maximum atomic E-state index is 11.1. The van der Waals surface area contributed by atoms with Crippen molar-refractivity contribution in [2.24, 2.45) is 0 Å². The summed E-state index contributed by atoms with van der Waals surface area (Å²) in [5.74, 6) is -0.308. The van der Waals surface area contributed by atoms with Crippen LogP contribution in [0.5, 0.6) is 0 Å². The fraction of sp³-hybridized carbons (Fsp3) is 0.562. The van der Waals surface area contributed by atoms with Crippen molar-refractivity contribution in [3.8, 4) is 0 Å². The van der Waals surface area contributed by atoms with E-state index in [1.165, 1.54) is 17.2 Å². The Kier molecular flexibility index (Phi) is 6.60. The molecule has 1 aliphatic heterocycles. The minimum Gasteiger partial charge on any atom is -0.480 e. The molecule has 1 saturated heterocycles. The van der Waals surface area contributed by atoms with E-state index < -0.39 is 53.5 Å². The van der Waals surface area contributed by atoms with E-state index in [0.717, 1.165) is 0 Å². The zero-order valence-corrected chi connectivity index (χ0v) is 16.8. The van der Waals surface area contributed by atoms with Gasteiger partial charge in [-0.15, -0.1) is 0 Å². The van der Waals surface area contributed by atoms with Crippen molar-refractivity contribution < 1.29 is 34.8 Å². The molecule has 3 rings (SSSR count). The lowest BCUT2D eigenvalue weighted by atomic mass is 10.1. The molecule has 30 heavy (non-hydrogen) atoms. The molecule has 13 nitrogen and oxygen atoms in total. The Balaban J connectivity index is 1.64. The van der Waals surface area contributed by atoms with Gasteiger partial charge in [-0.05, 0) is 10.9 Å². The predicted molar refractivity (Wildman–Crippen MR) is 106 cm³/mol. The Morgan fingerprint density at radius 2 is 2.03 bits per heavy atom. The van der Waals surface area contributed by atoms with E-state index in [2.05, 4.69) is 15.0 Å². The van der Waals surface area contributed by atoms with Crippen LogP contribution in [0.1, 0.15) is 12.6 Å². The Morgan fingerprint density at radius 1 is 1.30 bits per heavy atom. The maximum absolute atomic E-state index is 11.1. The Labute approximate surface area is 173 Å². The number of rotatable bonds is 8. The molecular weight excluding hydrogens is 420 g/mol. The molecule has 2 aromatic heterocycles. The van der Waals surface area contributed by atoms with Crippen LogP contribution in [-0.4, -0.2) is 94.1 Å². The lowest BCUT2D eigenvalue weighted by Gasteiger charge is -2.16. The second kappa shape index (κ2) is 8.99. The van der Waals surface area contributed by atoms with Crippen LogP contribution in [0.2, 0.25) is 0 Å². The molecule has 6 atom stereocenters. The smallest absolute Gasteiger partial charge is 0.405 e. The summed E-state index contributed by atoms with van der Waals surface area (Å²) >= 11 is 0. The Bertz CT molecular complexity index is 927. The molecular formula is C16H23N6O7S+. The molecule has 1 fully saturated rings. The predicted octanol–water partition coefficient (Wildman–Crippen LogP) is -1.61. The van der Waals surface area contributed by atoms with Crippen LogP contribution in [0.4, 0.5) is 10.6 Å². The number of hydrogen-bond donors (Lipinski definition) is 6. The number of nitrogens with zero attached hydrogens (tertiary/aromatic N) is 4. The molecule has 14 heteroatoms. The molecule has 0 aromatic carbocycles. The van der Waals surface area contributed by atoms with Gasteiger partial charge in [0.2, 0.25) is 0 Å². The average molecular weight is 443 g/mol. The second-order valence-electron chi connectivity index (χ2n) is 6.91. The highest BCUT2D eigenvalue weighted by atomic mass is 32.2. The standard InChI is InChI=1S/C16H22N6O7S/c1-30(3-2-7(15(25)26)21-16(27)28)4-8-10(23)11(24)14(29-8)22-6-20-9-12(17)18-5-19-13(9)22/h5-8,10-11,14,21,23-24H,2-4H2,1H3,(H3-,17,18,19,25,26,27,28)/p+1/t7-,8+,10+,11+,14+,30?/m0/s1. The molecule has 7 N–H and O–H groups in total. The third-order valence-electron chi connectivity index (χ3n) is 4.80. The molecule has 1 aliphatic rings. The SMILES string of the molecule is C[S+](CC[C@H](NC(=O)O)C(=O)O)C[C@H]1O[C@@H](n2cnc3c(N)ncnc32)[C@H](O)[C@@H]1O. The van der Waals surface area contributed by atoms with Crippen LogP contribution in [-0.2, 0) is 20.4 Å². The first-order valence-electron chi connectivity index (χ1n) is 8.95. The van der Waals surface area contributed by atoms with Crippen molar-refractivity contribution in [2.75, 3.05) is 23.5 Å². The lowest BCUT2D eigenvalue weighted by molar-refractivity contribution is -0.139. The summed E-state index contributed by atoms with van der Waals surface area (Å²) < 4.78 is 7.35. The van der Waals surface area contributed by atoms with Crippen LogP contribution in [0, 0.1) is 0 Å². The van der Waals surface area contributed by atoms with Gasteiger partial charge in [0.25, 0.3) is 0 Å². The summed E-state index contributed by atoms with van der Waals surface area (Å²) in [6.07, 6.45) is -0.828. The van der Waals surface area contributed by atoms with Gasteiger partial charge >= 0.3 is 12.1 Å². The summed E-state index contributed by atoms with van der Waals surface area (Å²) in [6.45, 7) is 0. The molecule has 0 saturated carbocycles. The Morgan fingerprint density at radius 3 is 2.70 bits per heavy atom. The third kappa shape index (κ3) is 4.56. The van der Waals surface area contributed by atoms with Crippen LogP contribution >= 0.6 is 0 Å². The first-order chi connectivity index (χ1) is 14.2. The first-order valence-corrected chi connectivity index (χ1v) is 10.9. The number of ether oxygens (including phenoxy) is 1. The first kappa shape index (κ1) is 22.0. The van der Waals surface area contributed by atoms with Crippen LogP contribution in [0.25, 0.3) is 11.2 Å². The number of amides is 1. The number of fused-ring (bicyclic) bond motifs is 1. The summed E-state index contributed by atoms with van der Waals surface area (Å²) in [4.78, 5) is 33.9. The number of nitrogen functional groups attached to an aromatic ring is 1. The van der Waals surface area contributed by atoms with E-state index in [9.17, 15) is 19.8 Å². The van der Waals surface area contributed by atoms with Crippen molar-refractivity contribution in [3.63, 3.8) is 0 Å². The van der Waals surface area contributed by atoms with Gasteiger partial charge in [0, 0.05) is 6.42 Å². The number of carboxylic acid groups (broad SMARTS) is 2. The molecule has 164 valence electrons. The highest BCUT2D eigenvalue weighted by Crippen LogP contribution is 2.32. The van der Waals surface area contributed by atoms with E-state index in [1.54, 1.807) is 0 Å². The van der Waals surface area contributed by atoms with E-state index in [4.69, 9.17) is 20.7 Å². The van der Waals surface area contributed by atoms with E-state index >= 15 is 0 Å². The second-order valence-corrected chi connectivity index (χ2v) is 9.22. The van der Waals surface area contributed by atoms with Gasteiger partial charge in [-0.2, -0.15) is 0 Å². The van der Waals surface area contributed by atoms with Crippen LogP contribution < -0.4 is 11.1 Å². The monoisotopic (exact) mass is 443 g/mol. The van der Waals surface area contributed by atoms with Gasteiger partial charge in [-0.3, -0.25) is 4.57 Å². The van der Waals surface area contributed by atoms with Gasteiger partial charge in [-0.25, -0.2) is 24.5 Å². The van der Waals surface area contributed by atoms with E-state index in [0.29, 0.717) is 22.7 Å². The number of hydrogen-bond acceptors (Lipinski definition) is 9. The van der Waals surface area contributed by atoms with Crippen molar-refractivity contribution in [2.45, 2.75) is 37.0 Å². The fourth-order valence-electron chi connectivity index (χ4n) is 3.24. The number of imidazole rings is 1. The zero-order chi connectivity index (χ0) is 22.0. The third-order valence-corrected chi connectivity index (χ3v) is 6.63. The molecule has 0 spiro atoms. The van der Waals surface area contributed by atoms with Gasteiger partial charge < -0.3 is 36.2 Å². The molecule has 3 heterocycles. The number of aliphatic hydroxyl groups excluding tert-OH is 2. The molecule has 2 aromatic rings. The van der Waals surface area contributed by atoms with Gasteiger partial charge in [0.15, 0.2) is 17.7 Å². The van der Waals surface area contributed by atoms with Crippen molar-refractivity contribution in [3.05, 3.63) is 12.7 Å². The van der Waals surface area contributed by atoms with Crippen LogP contribution in [0.15, 0.2) is 12.7 Å². The number of anilines is 1. The lowest BCUT2D eigenvalue weighted by Crippen LogP contribution is -2.42. The summed E-state index contributed by atoms with van der Waals surface area (Å²) in [5.41, 5.74) is 6.48. The molecule has 1 amide bonds. The molecule has 1 unspecified atom stereocenters. The summed E-state index contributed by atoms with van der Waals surface area (Å²) in [6, 6.07) is -1.22. The van der Waals surface area contributed by atoms with Gasteiger partial charge in [0.1, 0.15) is 47.7 Å². The minimum atomic E-state index is -1.41. The number of aliphatic carboxylic acids is 1. The largest absolute Gasteiger partial charge is 0.480 e.